The van der Waals surface area contributed by atoms with Crippen LogP contribution in [-0.4, -0.2) is 34.7 Å². The fourth-order valence-electron chi connectivity index (χ4n) is 2.20. The summed E-state index contributed by atoms with van der Waals surface area (Å²) in [6.45, 7) is 6.57. The summed E-state index contributed by atoms with van der Waals surface area (Å²) in [7, 11) is 0. The number of carbonyl (C=O) groups is 1. The predicted molar refractivity (Wildman–Crippen MR) is 69.4 cm³/mol. The van der Waals surface area contributed by atoms with E-state index in [2.05, 4.69) is 4.98 Å². The van der Waals surface area contributed by atoms with Gasteiger partial charge in [-0.1, -0.05) is 0 Å². The van der Waals surface area contributed by atoms with Crippen molar-refractivity contribution in [2.45, 2.75) is 38.7 Å². The van der Waals surface area contributed by atoms with Gasteiger partial charge in [-0.3, -0.25) is 4.98 Å². The number of ether oxygens (including phenoxy) is 1. The first kappa shape index (κ1) is 13.8. The fourth-order valence-corrected chi connectivity index (χ4v) is 2.20. The Bertz CT molecular complexity index is 471. The van der Waals surface area contributed by atoms with E-state index in [0.717, 1.165) is 6.42 Å². The molecule has 0 spiro atoms. The molecule has 1 aliphatic rings. The van der Waals surface area contributed by atoms with Crippen molar-refractivity contribution in [3.05, 3.63) is 29.8 Å². The minimum absolute atomic E-state index is 0.00113. The summed E-state index contributed by atoms with van der Waals surface area (Å²) in [5, 5.41) is 0. The Kier molecular flexibility index (Phi) is 3.73. The molecule has 104 valence electrons. The molecule has 2 rings (SSSR count). The van der Waals surface area contributed by atoms with Crippen molar-refractivity contribution in [1.29, 1.82) is 0 Å². The highest BCUT2D eigenvalue weighted by atomic mass is 19.1. The maximum absolute atomic E-state index is 13.7. The quantitative estimate of drug-likeness (QED) is 0.785. The second kappa shape index (κ2) is 5.15. The maximum atomic E-state index is 13.7. The summed E-state index contributed by atoms with van der Waals surface area (Å²) in [6.07, 6.45) is 3.37. The second-order valence-corrected chi connectivity index (χ2v) is 5.81. The van der Waals surface area contributed by atoms with Gasteiger partial charge in [-0.2, -0.15) is 0 Å². The smallest absolute Gasteiger partial charge is 0.410 e. The van der Waals surface area contributed by atoms with Crippen LogP contribution in [0, 0.1) is 5.82 Å². The number of nitrogens with zero attached hydrogens (tertiary/aromatic N) is 2. The lowest BCUT2D eigenvalue weighted by atomic mass is 10.00. The molecule has 0 aliphatic carbocycles. The van der Waals surface area contributed by atoms with Crippen molar-refractivity contribution in [3.8, 4) is 0 Å². The third kappa shape index (κ3) is 3.43. The monoisotopic (exact) mass is 266 g/mol. The highest BCUT2D eigenvalue weighted by Crippen LogP contribution is 2.29. The number of halogens is 1. The molecule has 0 N–H and O–H groups in total. The molecular formula is C14H19FN2O2. The molecule has 0 aromatic carbocycles. The van der Waals surface area contributed by atoms with Crippen LogP contribution in [-0.2, 0) is 4.74 Å². The van der Waals surface area contributed by atoms with Gasteiger partial charge in [0.1, 0.15) is 11.4 Å². The molecule has 0 radical (unpaired) electrons. The van der Waals surface area contributed by atoms with Crippen molar-refractivity contribution in [3.63, 3.8) is 0 Å². The van der Waals surface area contributed by atoms with E-state index in [0.29, 0.717) is 18.7 Å². The Labute approximate surface area is 112 Å². The zero-order valence-electron chi connectivity index (χ0n) is 11.5. The van der Waals surface area contributed by atoms with Gasteiger partial charge < -0.3 is 9.64 Å². The summed E-state index contributed by atoms with van der Waals surface area (Å²) in [4.78, 5) is 17.5. The van der Waals surface area contributed by atoms with Crippen molar-refractivity contribution in [1.82, 2.24) is 9.88 Å². The third-order valence-electron chi connectivity index (χ3n) is 3.08. The lowest BCUT2D eigenvalue weighted by Crippen LogP contribution is -2.35. The Hall–Kier alpha value is -1.65. The Morgan fingerprint density at radius 3 is 2.89 bits per heavy atom. The van der Waals surface area contributed by atoms with Crippen molar-refractivity contribution >= 4 is 6.09 Å². The van der Waals surface area contributed by atoms with Crippen LogP contribution in [0.15, 0.2) is 18.5 Å². The molecule has 0 bridgehead atoms. The SMILES string of the molecule is CC(C)(C)OC(=O)N1CC[C@@H](c2cnccc2F)C1. The first-order valence-corrected chi connectivity index (χ1v) is 6.44. The average Bonchev–Trinajstić information content (AvgIpc) is 2.76. The van der Waals surface area contributed by atoms with Crippen LogP contribution in [0.3, 0.4) is 0 Å². The lowest BCUT2D eigenvalue weighted by molar-refractivity contribution is 0.0292. The lowest BCUT2D eigenvalue weighted by Gasteiger charge is -2.24. The molecule has 1 saturated heterocycles. The number of likely N-dealkylation sites (tertiary alicyclic amines) is 1. The minimum Gasteiger partial charge on any atom is -0.444 e. The number of hydrogen-bond donors (Lipinski definition) is 0. The second-order valence-electron chi connectivity index (χ2n) is 5.81. The van der Waals surface area contributed by atoms with Gasteiger partial charge in [-0.25, -0.2) is 9.18 Å². The van der Waals surface area contributed by atoms with E-state index in [-0.39, 0.29) is 17.8 Å². The van der Waals surface area contributed by atoms with Crippen LogP contribution >= 0.6 is 0 Å². The van der Waals surface area contributed by atoms with Gasteiger partial charge in [0, 0.05) is 37.0 Å². The number of rotatable bonds is 1. The number of carbonyl (C=O) groups excluding carboxylic acids is 1. The van der Waals surface area contributed by atoms with Crippen molar-refractivity contribution < 1.29 is 13.9 Å². The Morgan fingerprint density at radius 2 is 2.26 bits per heavy atom. The van der Waals surface area contributed by atoms with Gasteiger partial charge in [0.05, 0.1) is 0 Å². The van der Waals surface area contributed by atoms with E-state index < -0.39 is 5.60 Å². The van der Waals surface area contributed by atoms with Crippen LogP contribution < -0.4 is 0 Å². The summed E-state index contributed by atoms with van der Waals surface area (Å²) in [6, 6.07) is 1.35. The molecule has 1 amide bonds. The maximum Gasteiger partial charge on any atom is 0.410 e. The summed E-state index contributed by atoms with van der Waals surface area (Å²) >= 11 is 0. The van der Waals surface area contributed by atoms with Gasteiger partial charge in [0.2, 0.25) is 0 Å². The normalized spacial score (nSPS) is 19.6. The summed E-state index contributed by atoms with van der Waals surface area (Å²) < 4.78 is 19.0. The fraction of sp³-hybridized carbons (Fsp3) is 0.571. The Balaban J connectivity index is 2.01. The molecule has 1 fully saturated rings. The number of pyridine rings is 1. The molecule has 0 saturated carbocycles. The molecule has 19 heavy (non-hydrogen) atoms. The highest BCUT2D eigenvalue weighted by Gasteiger charge is 2.31. The third-order valence-corrected chi connectivity index (χ3v) is 3.08. The zero-order valence-corrected chi connectivity index (χ0v) is 11.5. The molecule has 5 heteroatoms. The van der Waals surface area contributed by atoms with E-state index >= 15 is 0 Å². The molecule has 1 aromatic rings. The average molecular weight is 266 g/mol. The van der Waals surface area contributed by atoms with E-state index in [1.807, 2.05) is 20.8 Å². The van der Waals surface area contributed by atoms with Crippen LogP contribution in [0.4, 0.5) is 9.18 Å². The summed E-state index contributed by atoms with van der Waals surface area (Å²) in [5.41, 5.74) is 0.0721. The molecule has 0 unspecified atom stereocenters. The van der Waals surface area contributed by atoms with Crippen LogP contribution in [0.1, 0.15) is 38.7 Å². The predicted octanol–water partition coefficient (Wildman–Crippen LogP) is 2.95. The van der Waals surface area contributed by atoms with E-state index in [4.69, 9.17) is 4.74 Å². The molecule has 1 aliphatic heterocycles. The number of amides is 1. The van der Waals surface area contributed by atoms with E-state index in [1.165, 1.54) is 12.3 Å². The van der Waals surface area contributed by atoms with Crippen molar-refractivity contribution in [2.75, 3.05) is 13.1 Å². The number of hydrogen-bond acceptors (Lipinski definition) is 3. The topological polar surface area (TPSA) is 42.4 Å². The largest absolute Gasteiger partial charge is 0.444 e. The zero-order chi connectivity index (χ0) is 14.0. The molecule has 1 atom stereocenters. The van der Waals surface area contributed by atoms with Gasteiger partial charge in [-0.05, 0) is 33.3 Å². The molecule has 1 aromatic heterocycles. The first-order chi connectivity index (χ1) is 8.87. The molecule has 2 heterocycles. The highest BCUT2D eigenvalue weighted by molar-refractivity contribution is 5.68. The van der Waals surface area contributed by atoms with Crippen molar-refractivity contribution in [2.24, 2.45) is 0 Å². The van der Waals surface area contributed by atoms with Crippen LogP contribution in [0.2, 0.25) is 0 Å². The molecule has 4 nitrogen and oxygen atoms in total. The number of aromatic nitrogens is 1. The van der Waals surface area contributed by atoms with Gasteiger partial charge >= 0.3 is 6.09 Å². The minimum atomic E-state index is -0.505. The van der Waals surface area contributed by atoms with Crippen LogP contribution in [0.5, 0.6) is 0 Å². The van der Waals surface area contributed by atoms with Gasteiger partial charge in [0.25, 0.3) is 0 Å². The molecular weight excluding hydrogens is 247 g/mol. The summed E-state index contributed by atoms with van der Waals surface area (Å²) in [5.74, 6) is -0.257. The van der Waals surface area contributed by atoms with Crippen LogP contribution in [0.25, 0.3) is 0 Å². The Morgan fingerprint density at radius 1 is 1.53 bits per heavy atom. The first-order valence-electron chi connectivity index (χ1n) is 6.44. The standard InChI is InChI=1S/C14H19FN2O2/c1-14(2,3)19-13(18)17-7-5-10(9-17)11-8-16-6-4-12(11)15/h4,6,8,10H,5,7,9H2,1-3H3/t10-/m1/s1. The van der Waals surface area contributed by atoms with Gasteiger partial charge in [0.15, 0.2) is 0 Å². The van der Waals surface area contributed by atoms with E-state index in [9.17, 15) is 9.18 Å². The van der Waals surface area contributed by atoms with E-state index in [1.54, 1.807) is 11.1 Å². The van der Waals surface area contributed by atoms with Gasteiger partial charge in [-0.15, -0.1) is 0 Å².